The molecule has 4 rings (SSSR count). The van der Waals surface area contributed by atoms with E-state index in [9.17, 15) is 18.5 Å². The Morgan fingerprint density at radius 2 is 1.77 bits per heavy atom. The predicted molar refractivity (Wildman–Crippen MR) is 129 cm³/mol. The predicted octanol–water partition coefficient (Wildman–Crippen LogP) is 4.93. The van der Waals surface area contributed by atoms with Crippen LogP contribution in [0.2, 0.25) is 0 Å². The monoisotopic (exact) mass is 490 g/mol. The number of rotatable bonds is 7. The first-order chi connectivity index (χ1) is 16.8. The third-order valence-electron chi connectivity index (χ3n) is 5.93. The molecule has 0 aliphatic carbocycles. The standard InChI is InChI=1S/C27H23FN2O4S/c1-3-34-25(31)15-22-18(2)26(30-17-19(16-29)13-14-24(22)30)27(21-11-7-8-12-23(21)28)35(32,33)20-9-5-4-6-10-20/h4-14,17,27H,3,15H2,1-2H3. The van der Waals surface area contributed by atoms with E-state index in [4.69, 9.17) is 4.74 Å². The molecule has 0 N–H and O–H groups in total. The molecule has 8 heteroatoms. The lowest BCUT2D eigenvalue weighted by molar-refractivity contribution is -0.142. The Morgan fingerprint density at radius 3 is 2.43 bits per heavy atom. The fourth-order valence-electron chi connectivity index (χ4n) is 4.34. The fourth-order valence-corrected chi connectivity index (χ4v) is 6.26. The Bertz CT molecular complexity index is 1550. The summed E-state index contributed by atoms with van der Waals surface area (Å²) in [6.45, 7) is 3.61. The Kier molecular flexibility index (Phi) is 6.72. The smallest absolute Gasteiger partial charge is 0.310 e. The summed E-state index contributed by atoms with van der Waals surface area (Å²) in [5, 5.41) is 8.07. The second-order valence-corrected chi connectivity index (χ2v) is 10.0. The van der Waals surface area contributed by atoms with Crippen LogP contribution < -0.4 is 0 Å². The number of fused-ring (bicyclic) bond motifs is 1. The molecule has 2 heterocycles. The third-order valence-corrected chi connectivity index (χ3v) is 7.95. The lowest BCUT2D eigenvalue weighted by Gasteiger charge is -2.21. The van der Waals surface area contributed by atoms with Crippen LogP contribution in [-0.4, -0.2) is 25.4 Å². The van der Waals surface area contributed by atoms with Crippen molar-refractivity contribution in [1.29, 1.82) is 5.26 Å². The van der Waals surface area contributed by atoms with Crippen LogP contribution in [0.3, 0.4) is 0 Å². The largest absolute Gasteiger partial charge is 0.466 e. The van der Waals surface area contributed by atoms with Crippen molar-refractivity contribution in [3.8, 4) is 6.07 Å². The molecule has 0 aliphatic heterocycles. The van der Waals surface area contributed by atoms with E-state index in [0.29, 0.717) is 22.2 Å². The summed E-state index contributed by atoms with van der Waals surface area (Å²) in [7, 11) is -4.15. The maximum atomic E-state index is 15.2. The number of hydrogen-bond acceptors (Lipinski definition) is 5. The molecule has 0 bridgehead atoms. The fraction of sp³-hybridized carbons (Fsp3) is 0.185. The topological polar surface area (TPSA) is 88.6 Å². The van der Waals surface area contributed by atoms with Gasteiger partial charge in [-0.05, 0) is 55.3 Å². The molecule has 0 saturated carbocycles. The molecule has 2 aromatic heterocycles. The number of carbonyl (C=O) groups excluding carboxylic acids is 1. The number of halogens is 1. The number of nitriles is 1. The van der Waals surface area contributed by atoms with Gasteiger partial charge in [0.25, 0.3) is 0 Å². The molecule has 2 aromatic carbocycles. The van der Waals surface area contributed by atoms with Crippen LogP contribution >= 0.6 is 0 Å². The van der Waals surface area contributed by atoms with E-state index in [1.54, 1.807) is 54.6 Å². The van der Waals surface area contributed by atoms with E-state index < -0.39 is 26.9 Å². The zero-order chi connectivity index (χ0) is 25.2. The van der Waals surface area contributed by atoms with Crippen LogP contribution in [0, 0.1) is 24.1 Å². The van der Waals surface area contributed by atoms with Crippen LogP contribution in [0.25, 0.3) is 5.52 Å². The summed E-state index contributed by atoms with van der Waals surface area (Å²) < 4.78 is 49.9. The average Bonchev–Trinajstić information content (AvgIpc) is 3.11. The van der Waals surface area contributed by atoms with E-state index in [1.807, 2.05) is 0 Å². The van der Waals surface area contributed by atoms with Gasteiger partial charge < -0.3 is 9.14 Å². The number of benzene rings is 2. The van der Waals surface area contributed by atoms with Gasteiger partial charge in [-0.15, -0.1) is 0 Å². The highest BCUT2D eigenvalue weighted by atomic mass is 32.2. The average molecular weight is 491 g/mol. The van der Waals surface area contributed by atoms with Crippen molar-refractivity contribution < 1.29 is 22.3 Å². The maximum absolute atomic E-state index is 15.2. The number of sulfone groups is 1. The van der Waals surface area contributed by atoms with Crippen molar-refractivity contribution in [2.75, 3.05) is 6.61 Å². The molecule has 0 radical (unpaired) electrons. The Hall–Kier alpha value is -3.96. The number of aromatic nitrogens is 1. The molecule has 1 atom stereocenters. The van der Waals surface area contributed by atoms with Crippen LogP contribution in [0.1, 0.15) is 40.1 Å². The first-order valence-electron chi connectivity index (χ1n) is 11.0. The Labute approximate surface area is 203 Å². The molecular formula is C27H23FN2O4S. The number of ether oxygens (including phenoxy) is 1. The molecule has 1 unspecified atom stereocenters. The first-order valence-corrected chi connectivity index (χ1v) is 12.6. The van der Waals surface area contributed by atoms with E-state index >= 15 is 4.39 Å². The van der Waals surface area contributed by atoms with E-state index in [0.717, 1.165) is 0 Å². The summed E-state index contributed by atoms with van der Waals surface area (Å²) in [6.07, 6.45) is 1.42. The van der Waals surface area contributed by atoms with Gasteiger partial charge in [0.15, 0.2) is 9.84 Å². The minimum Gasteiger partial charge on any atom is -0.466 e. The normalized spacial score (nSPS) is 12.3. The van der Waals surface area contributed by atoms with Gasteiger partial charge in [-0.2, -0.15) is 5.26 Å². The Balaban J connectivity index is 2.09. The van der Waals surface area contributed by atoms with Crippen molar-refractivity contribution in [2.24, 2.45) is 0 Å². The number of pyridine rings is 1. The Morgan fingerprint density at radius 1 is 1.09 bits per heavy atom. The van der Waals surface area contributed by atoms with Crippen molar-refractivity contribution in [3.05, 3.63) is 107 Å². The van der Waals surface area contributed by atoms with Gasteiger partial charge in [-0.1, -0.05) is 36.4 Å². The zero-order valence-corrected chi connectivity index (χ0v) is 20.0. The number of carbonyl (C=O) groups is 1. The van der Waals surface area contributed by atoms with Crippen LogP contribution in [0.15, 0.2) is 77.8 Å². The molecule has 4 aromatic rings. The lowest BCUT2D eigenvalue weighted by Crippen LogP contribution is -2.19. The number of hydrogen-bond donors (Lipinski definition) is 0. The quantitative estimate of drug-likeness (QED) is 0.343. The van der Waals surface area contributed by atoms with Gasteiger partial charge >= 0.3 is 5.97 Å². The molecule has 178 valence electrons. The molecular weight excluding hydrogens is 467 g/mol. The molecule has 6 nitrogen and oxygen atoms in total. The van der Waals surface area contributed by atoms with Gasteiger partial charge in [0.05, 0.1) is 23.5 Å². The molecule has 0 saturated heterocycles. The van der Waals surface area contributed by atoms with Crippen LogP contribution in [0.4, 0.5) is 4.39 Å². The highest BCUT2D eigenvalue weighted by Gasteiger charge is 2.37. The zero-order valence-electron chi connectivity index (χ0n) is 19.2. The minimum absolute atomic E-state index is 0.0242. The number of nitrogens with zero attached hydrogens (tertiary/aromatic N) is 2. The SMILES string of the molecule is CCOC(=O)Cc1c(C)c(C(c2ccccc2F)S(=O)(=O)c2ccccc2)n2cc(C#N)ccc12. The summed E-state index contributed by atoms with van der Waals surface area (Å²) in [5.41, 5.74) is 2.16. The molecule has 0 amide bonds. The van der Waals surface area contributed by atoms with Crippen molar-refractivity contribution in [1.82, 2.24) is 4.40 Å². The summed E-state index contributed by atoms with van der Waals surface area (Å²) in [6, 6.07) is 18.9. The van der Waals surface area contributed by atoms with Crippen LogP contribution in [0.5, 0.6) is 0 Å². The summed E-state index contributed by atoms with van der Waals surface area (Å²) >= 11 is 0. The molecule has 0 fully saturated rings. The highest BCUT2D eigenvalue weighted by molar-refractivity contribution is 7.91. The molecule has 0 spiro atoms. The maximum Gasteiger partial charge on any atom is 0.310 e. The third kappa shape index (κ3) is 4.43. The second-order valence-electron chi connectivity index (χ2n) is 8.02. The lowest BCUT2D eigenvalue weighted by atomic mass is 10.0. The van der Waals surface area contributed by atoms with E-state index in [-0.39, 0.29) is 29.2 Å². The van der Waals surface area contributed by atoms with Gasteiger partial charge in [0, 0.05) is 23.0 Å². The molecule has 0 aliphatic rings. The first kappa shape index (κ1) is 24.2. The van der Waals surface area contributed by atoms with Crippen LogP contribution in [-0.2, 0) is 25.8 Å². The van der Waals surface area contributed by atoms with Crippen molar-refractivity contribution >= 4 is 21.3 Å². The van der Waals surface area contributed by atoms with Gasteiger partial charge in [-0.3, -0.25) is 4.79 Å². The van der Waals surface area contributed by atoms with E-state index in [1.165, 1.54) is 36.5 Å². The summed E-state index contributed by atoms with van der Waals surface area (Å²) in [5.74, 6) is -1.14. The minimum atomic E-state index is -4.15. The van der Waals surface area contributed by atoms with Gasteiger partial charge in [0.1, 0.15) is 17.1 Å². The summed E-state index contributed by atoms with van der Waals surface area (Å²) in [4.78, 5) is 12.4. The van der Waals surface area contributed by atoms with Gasteiger partial charge in [-0.25, -0.2) is 12.8 Å². The molecule has 35 heavy (non-hydrogen) atoms. The van der Waals surface area contributed by atoms with Crippen molar-refractivity contribution in [3.63, 3.8) is 0 Å². The highest BCUT2D eigenvalue weighted by Crippen LogP contribution is 2.40. The van der Waals surface area contributed by atoms with Gasteiger partial charge in [0.2, 0.25) is 0 Å². The van der Waals surface area contributed by atoms with Crippen molar-refractivity contribution in [2.45, 2.75) is 30.4 Å². The number of esters is 1. The van der Waals surface area contributed by atoms with E-state index in [2.05, 4.69) is 6.07 Å². The second kappa shape index (κ2) is 9.72.